The molecular weight excluding hydrogens is 444 g/mol. The van der Waals surface area contributed by atoms with Gasteiger partial charge in [-0.05, 0) is 61.9 Å². The molecule has 0 saturated carbocycles. The van der Waals surface area contributed by atoms with Gasteiger partial charge in [-0.1, -0.05) is 26.0 Å². The number of urea groups is 1. The molecule has 0 aliphatic carbocycles. The van der Waals surface area contributed by atoms with Crippen molar-refractivity contribution in [2.45, 2.75) is 54.8 Å². The average Bonchev–Trinajstić information content (AvgIpc) is 3.34. The lowest BCUT2D eigenvalue weighted by atomic mass is 9.92. The van der Waals surface area contributed by atoms with Crippen LogP contribution in [-0.4, -0.2) is 50.0 Å². The number of nitrogens with one attached hydrogen (secondary N) is 2. The van der Waals surface area contributed by atoms with Gasteiger partial charge in [0.1, 0.15) is 0 Å². The number of rotatable bonds is 12. The molecule has 2 amide bonds. The number of amides is 2. The van der Waals surface area contributed by atoms with Crippen molar-refractivity contribution < 1.29 is 13.2 Å². The number of aromatic nitrogens is 1. The summed E-state index contributed by atoms with van der Waals surface area (Å²) in [5.74, 6) is 0.414. The molecule has 9 heteroatoms. The molecule has 1 aromatic heterocycles. The summed E-state index contributed by atoms with van der Waals surface area (Å²) in [7, 11) is -3.53. The predicted molar refractivity (Wildman–Crippen MR) is 127 cm³/mol. The number of hydrogen-bond donors (Lipinski definition) is 2. The fraction of sp³-hybridized carbons (Fsp3) is 0.478. The van der Waals surface area contributed by atoms with Crippen molar-refractivity contribution in [3.63, 3.8) is 0 Å². The Morgan fingerprint density at radius 1 is 1.25 bits per heavy atom. The van der Waals surface area contributed by atoms with E-state index in [4.69, 9.17) is 0 Å². The number of hydrogen-bond acceptors (Lipinski definition) is 6. The second-order valence-corrected chi connectivity index (χ2v) is 11.1. The highest BCUT2D eigenvalue weighted by Gasteiger charge is 2.21. The van der Waals surface area contributed by atoms with E-state index in [1.165, 1.54) is 6.20 Å². The van der Waals surface area contributed by atoms with Gasteiger partial charge in [0.15, 0.2) is 0 Å². The second-order valence-electron chi connectivity index (χ2n) is 8.07. The predicted octanol–water partition coefficient (Wildman–Crippen LogP) is 3.84. The first kappa shape index (κ1) is 24.4. The molecule has 1 aliphatic rings. The summed E-state index contributed by atoms with van der Waals surface area (Å²) >= 11 is 1.13. The van der Waals surface area contributed by atoms with Crippen molar-refractivity contribution in [2.75, 3.05) is 19.6 Å². The van der Waals surface area contributed by atoms with Gasteiger partial charge >= 0.3 is 6.03 Å². The zero-order chi connectivity index (χ0) is 23.0. The van der Waals surface area contributed by atoms with Crippen LogP contribution in [0.3, 0.4) is 0 Å². The van der Waals surface area contributed by atoms with Crippen LogP contribution in [0.5, 0.6) is 0 Å². The molecule has 2 unspecified atom stereocenters. The van der Waals surface area contributed by atoms with Gasteiger partial charge in [0.05, 0.1) is 4.90 Å². The Morgan fingerprint density at radius 3 is 2.69 bits per heavy atom. The summed E-state index contributed by atoms with van der Waals surface area (Å²) in [6.07, 6.45) is 9.17. The fourth-order valence-corrected chi connectivity index (χ4v) is 6.09. The Kier molecular flexibility index (Phi) is 8.84. The SMILES string of the molecule is CCC(NCCCCN1C=CCNC1=O)C(C)Cc1ccc(S(=O)(=O)c2nccs2)cc1. The van der Waals surface area contributed by atoms with Gasteiger partial charge in [0.2, 0.25) is 14.2 Å². The lowest BCUT2D eigenvalue weighted by Gasteiger charge is -2.25. The summed E-state index contributed by atoms with van der Waals surface area (Å²) in [4.78, 5) is 17.7. The molecule has 0 fully saturated rings. The molecule has 1 aliphatic heterocycles. The number of carbonyl (C=O) groups is 1. The lowest BCUT2D eigenvalue weighted by molar-refractivity contribution is 0.212. The van der Waals surface area contributed by atoms with Gasteiger partial charge in [-0.2, -0.15) is 0 Å². The molecule has 1 aromatic carbocycles. The highest BCUT2D eigenvalue weighted by atomic mass is 32.2. The molecule has 2 atom stereocenters. The minimum absolute atomic E-state index is 0.0222. The Morgan fingerprint density at radius 2 is 2.03 bits per heavy atom. The maximum atomic E-state index is 12.6. The zero-order valence-electron chi connectivity index (χ0n) is 18.7. The first-order valence-electron chi connectivity index (χ1n) is 11.1. The van der Waals surface area contributed by atoms with Gasteiger partial charge in [-0.25, -0.2) is 18.2 Å². The highest BCUT2D eigenvalue weighted by Crippen LogP contribution is 2.24. The van der Waals surface area contributed by atoms with Crippen molar-refractivity contribution >= 4 is 27.2 Å². The molecule has 32 heavy (non-hydrogen) atoms. The summed E-state index contributed by atoms with van der Waals surface area (Å²) in [6, 6.07) is 7.52. The molecule has 0 bridgehead atoms. The van der Waals surface area contributed by atoms with E-state index in [2.05, 4.69) is 29.5 Å². The molecule has 3 rings (SSSR count). The van der Waals surface area contributed by atoms with E-state index in [1.807, 2.05) is 24.4 Å². The third-order valence-corrected chi connectivity index (χ3v) is 8.68. The third kappa shape index (κ3) is 6.40. The number of unbranched alkanes of at least 4 members (excludes halogenated alkanes) is 1. The molecule has 174 valence electrons. The van der Waals surface area contributed by atoms with Crippen LogP contribution >= 0.6 is 11.3 Å². The molecule has 2 N–H and O–H groups in total. The number of thiazole rings is 1. The normalized spacial score (nSPS) is 16.1. The van der Waals surface area contributed by atoms with Crippen LogP contribution in [-0.2, 0) is 16.3 Å². The Bertz CT molecular complexity index is 989. The van der Waals surface area contributed by atoms with Gasteiger partial charge in [0, 0.05) is 36.9 Å². The summed E-state index contributed by atoms with van der Waals surface area (Å²) in [5, 5.41) is 8.13. The molecule has 7 nitrogen and oxygen atoms in total. The molecule has 2 aromatic rings. The Balaban J connectivity index is 1.45. The van der Waals surface area contributed by atoms with Gasteiger partial charge in [0.25, 0.3) is 0 Å². The Labute approximate surface area is 194 Å². The van der Waals surface area contributed by atoms with E-state index >= 15 is 0 Å². The first-order valence-corrected chi connectivity index (χ1v) is 13.5. The second kappa shape index (κ2) is 11.6. The van der Waals surface area contributed by atoms with Crippen LogP contribution in [0.1, 0.15) is 38.7 Å². The zero-order valence-corrected chi connectivity index (χ0v) is 20.3. The van der Waals surface area contributed by atoms with E-state index in [9.17, 15) is 13.2 Å². The highest BCUT2D eigenvalue weighted by molar-refractivity contribution is 7.93. The van der Waals surface area contributed by atoms with Crippen LogP contribution in [0, 0.1) is 5.92 Å². The van der Waals surface area contributed by atoms with Crippen LogP contribution in [0.4, 0.5) is 4.79 Å². The lowest BCUT2D eigenvalue weighted by Crippen LogP contribution is -2.40. The van der Waals surface area contributed by atoms with Gasteiger partial charge < -0.3 is 15.5 Å². The number of nitrogens with zero attached hydrogens (tertiary/aromatic N) is 2. The smallest absolute Gasteiger partial charge is 0.321 e. The maximum absolute atomic E-state index is 12.6. The van der Waals surface area contributed by atoms with Crippen molar-refractivity contribution in [1.29, 1.82) is 0 Å². The van der Waals surface area contributed by atoms with Crippen LogP contribution < -0.4 is 10.6 Å². The van der Waals surface area contributed by atoms with Crippen LogP contribution in [0.25, 0.3) is 0 Å². The van der Waals surface area contributed by atoms with Crippen LogP contribution in [0.2, 0.25) is 0 Å². The number of benzene rings is 1. The van der Waals surface area contributed by atoms with Crippen molar-refractivity contribution in [3.05, 3.63) is 53.7 Å². The number of sulfone groups is 1. The number of carbonyl (C=O) groups excluding carboxylic acids is 1. The summed E-state index contributed by atoms with van der Waals surface area (Å²) in [5.41, 5.74) is 1.12. The van der Waals surface area contributed by atoms with E-state index in [-0.39, 0.29) is 15.3 Å². The van der Waals surface area contributed by atoms with Crippen molar-refractivity contribution in [2.24, 2.45) is 5.92 Å². The largest absolute Gasteiger partial charge is 0.334 e. The topological polar surface area (TPSA) is 91.4 Å². The molecule has 0 spiro atoms. The first-order chi connectivity index (χ1) is 15.4. The Hall–Kier alpha value is -2.23. The molecule has 0 saturated heterocycles. The maximum Gasteiger partial charge on any atom is 0.321 e. The van der Waals surface area contributed by atoms with Crippen LogP contribution in [0.15, 0.2) is 57.4 Å². The minimum atomic E-state index is -3.53. The van der Waals surface area contributed by atoms with E-state index in [0.29, 0.717) is 18.5 Å². The van der Waals surface area contributed by atoms with E-state index in [1.54, 1.807) is 22.4 Å². The fourth-order valence-electron chi connectivity index (χ4n) is 3.88. The summed E-state index contributed by atoms with van der Waals surface area (Å²) < 4.78 is 25.3. The monoisotopic (exact) mass is 476 g/mol. The third-order valence-electron chi connectivity index (χ3n) is 5.71. The standard InChI is InChI=1S/C23H32N4O3S2/c1-3-21(24-11-4-5-14-27-15-6-12-25-22(27)28)18(2)17-19-7-9-20(10-8-19)32(29,30)23-26-13-16-31-23/h6-10,13,15-16,18,21,24H,3-5,11-12,14,17H2,1-2H3,(H,25,28). The van der Waals surface area contributed by atoms with Crippen molar-refractivity contribution in [1.82, 2.24) is 20.5 Å². The average molecular weight is 477 g/mol. The van der Waals surface area contributed by atoms with E-state index < -0.39 is 9.84 Å². The molecule has 0 radical (unpaired) electrons. The van der Waals surface area contributed by atoms with Gasteiger partial charge in [-0.3, -0.25) is 0 Å². The quantitative estimate of drug-likeness (QED) is 0.454. The summed E-state index contributed by atoms with van der Waals surface area (Å²) in [6.45, 7) is 6.65. The van der Waals surface area contributed by atoms with Gasteiger partial charge in [-0.15, -0.1) is 11.3 Å². The van der Waals surface area contributed by atoms with E-state index in [0.717, 1.165) is 55.7 Å². The van der Waals surface area contributed by atoms with Crippen molar-refractivity contribution in [3.8, 4) is 0 Å². The minimum Gasteiger partial charge on any atom is -0.334 e. The molecule has 2 heterocycles. The molecular formula is C23H32N4O3S2.